The van der Waals surface area contributed by atoms with Crippen LogP contribution in [0.1, 0.15) is 22.3 Å². The molecular formula is C22H19FO2. The molecule has 0 radical (unpaired) electrons. The van der Waals surface area contributed by atoms with E-state index in [0.29, 0.717) is 12.2 Å². The van der Waals surface area contributed by atoms with Crippen LogP contribution in [0.3, 0.4) is 0 Å². The molecule has 1 atom stereocenters. The second-order valence-corrected chi connectivity index (χ2v) is 6.12. The van der Waals surface area contributed by atoms with Crippen molar-refractivity contribution in [2.45, 2.75) is 13.3 Å². The highest BCUT2D eigenvalue weighted by molar-refractivity contribution is 5.87. The molecule has 2 nitrogen and oxygen atoms in total. The Morgan fingerprint density at radius 3 is 2.76 bits per heavy atom. The van der Waals surface area contributed by atoms with Gasteiger partial charge in [0.25, 0.3) is 0 Å². The highest BCUT2D eigenvalue weighted by atomic mass is 19.3. The number of fused-ring (bicyclic) bond motifs is 1. The van der Waals surface area contributed by atoms with E-state index in [2.05, 4.69) is 36.5 Å². The molecule has 1 heterocycles. The van der Waals surface area contributed by atoms with Crippen LogP contribution in [0, 0.1) is 25.2 Å². The lowest BCUT2D eigenvalue weighted by Crippen LogP contribution is -2.09. The van der Waals surface area contributed by atoms with Crippen molar-refractivity contribution in [3.8, 4) is 18.1 Å². The Morgan fingerprint density at radius 2 is 2.04 bits per heavy atom. The lowest BCUT2D eigenvalue weighted by Gasteiger charge is -2.22. The quantitative estimate of drug-likeness (QED) is 0.714. The zero-order valence-electron chi connectivity index (χ0n) is 14.1. The summed E-state index contributed by atoms with van der Waals surface area (Å²) < 4.78 is 17.9. The fourth-order valence-electron chi connectivity index (χ4n) is 3.03. The summed E-state index contributed by atoms with van der Waals surface area (Å²) in [5.41, 5.74) is 5.39. The van der Waals surface area contributed by atoms with Crippen molar-refractivity contribution in [1.29, 1.82) is 0 Å². The highest BCUT2D eigenvalue weighted by Gasteiger charge is 2.19. The van der Waals surface area contributed by atoms with E-state index in [-0.39, 0.29) is 12.5 Å². The summed E-state index contributed by atoms with van der Waals surface area (Å²) in [6, 6.07) is 14.1. The number of hydrogen-bond acceptors (Lipinski definition) is 2. The molecule has 1 unspecified atom stereocenters. The summed E-state index contributed by atoms with van der Waals surface area (Å²) in [6.45, 7) is 5.92. The van der Waals surface area contributed by atoms with Crippen molar-refractivity contribution in [2.24, 2.45) is 5.92 Å². The Morgan fingerprint density at radius 1 is 1.24 bits per heavy atom. The number of allylic oxidation sites excluding steroid dienone is 1. The first-order chi connectivity index (χ1) is 12.1. The van der Waals surface area contributed by atoms with Crippen LogP contribution in [0.15, 0.2) is 60.9 Å². The average Bonchev–Trinajstić information content (AvgIpc) is 2.61. The molecule has 0 aliphatic carbocycles. The zero-order chi connectivity index (χ0) is 17.8. The summed E-state index contributed by atoms with van der Waals surface area (Å²) in [6.07, 6.45) is 7.90. The van der Waals surface area contributed by atoms with Crippen molar-refractivity contribution in [1.82, 2.24) is 0 Å². The van der Waals surface area contributed by atoms with E-state index in [1.165, 1.54) is 5.56 Å². The lowest BCUT2D eigenvalue weighted by atomic mass is 9.90. The molecule has 0 aromatic heterocycles. The van der Waals surface area contributed by atoms with Crippen molar-refractivity contribution >= 4 is 5.57 Å². The SMILES string of the molecule is C#CC(COF)Cc1ccc2c(c1)OC(=C)C=C2c1ccccc1C. The predicted octanol–water partition coefficient (Wildman–Crippen LogP) is 5.03. The maximum Gasteiger partial charge on any atom is 0.135 e. The number of aryl methyl sites for hydroxylation is 1. The smallest absolute Gasteiger partial charge is 0.135 e. The molecule has 1 aliphatic rings. The summed E-state index contributed by atoms with van der Waals surface area (Å²) in [7, 11) is 0. The third kappa shape index (κ3) is 3.65. The molecule has 1 aliphatic heterocycles. The molecule has 0 saturated heterocycles. The normalized spacial score (nSPS) is 14.1. The van der Waals surface area contributed by atoms with Gasteiger partial charge in [0.15, 0.2) is 0 Å². The Kier molecular flexibility index (Phi) is 5.02. The molecule has 0 fully saturated rings. The Labute approximate surface area is 147 Å². The van der Waals surface area contributed by atoms with Crippen LogP contribution in [0.2, 0.25) is 0 Å². The standard InChI is InChI=1S/C22H19FO2/c1-4-17(14-24-23)12-18-9-10-20-21(11-16(3)25-22(20)13-18)19-8-6-5-7-15(19)2/h1,5-11,13,17H,3,12,14H2,2H3. The topological polar surface area (TPSA) is 18.5 Å². The largest absolute Gasteiger partial charge is 0.457 e. The van der Waals surface area contributed by atoms with Crippen molar-refractivity contribution in [3.63, 3.8) is 0 Å². The van der Waals surface area contributed by atoms with Gasteiger partial charge < -0.3 is 4.74 Å². The molecular weight excluding hydrogens is 315 g/mol. The maximum absolute atomic E-state index is 12.1. The van der Waals surface area contributed by atoms with Crippen LogP contribution >= 0.6 is 0 Å². The summed E-state index contributed by atoms with van der Waals surface area (Å²) in [5.74, 6) is 3.55. The summed E-state index contributed by atoms with van der Waals surface area (Å²) >= 11 is 0. The van der Waals surface area contributed by atoms with E-state index < -0.39 is 0 Å². The number of halogens is 1. The van der Waals surface area contributed by atoms with Crippen LogP contribution in [0.25, 0.3) is 5.57 Å². The minimum absolute atomic E-state index is 0.116. The summed E-state index contributed by atoms with van der Waals surface area (Å²) in [5, 5.41) is 0. The third-order valence-corrected chi connectivity index (χ3v) is 4.30. The van der Waals surface area contributed by atoms with Gasteiger partial charge in [-0.15, -0.1) is 12.3 Å². The molecule has 0 bridgehead atoms. The highest BCUT2D eigenvalue weighted by Crippen LogP contribution is 2.38. The molecule has 2 aromatic carbocycles. The molecule has 2 aromatic rings. The summed E-state index contributed by atoms with van der Waals surface area (Å²) in [4.78, 5) is 3.69. The van der Waals surface area contributed by atoms with Gasteiger partial charge in [0, 0.05) is 5.56 Å². The molecule has 0 saturated carbocycles. The van der Waals surface area contributed by atoms with Gasteiger partial charge in [0.1, 0.15) is 18.1 Å². The number of ether oxygens (including phenoxy) is 1. The van der Waals surface area contributed by atoms with Crippen LogP contribution < -0.4 is 4.74 Å². The minimum atomic E-state index is -0.318. The lowest BCUT2D eigenvalue weighted by molar-refractivity contribution is -0.139. The number of rotatable bonds is 5. The fraction of sp³-hybridized carbons (Fsp3) is 0.182. The van der Waals surface area contributed by atoms with Gasteiger partial charge in [0.05, 0.1) is 5.92 Å². The van der Waals surface area contributed by atoms with Crippen molar-refractivity contribution < 1.29 is 14.2 Å². The maximum atomic E-state index is 12.1. The minimum Gasteiger partial charge on any atom is -0.457 e. The monoisotopic (exact) mass is 334 g/mol. The van der Waals surface area contributed by atoms with Gasteiger partial charge in [-0.25, -0.2) is 0 Å². The Balaban J connectivity index is 1.97. The zero-order valence-corrected chi connectivity index (χ0v) is 14.1. The first kappa shape index (κ1) is 17.0. The van der Waals surface area contributed by atoms with Crippen LogP contribution in [-0.4, -0.2) is 6.61 Å². The number of hydrogen-bond donors (Lipinski definition) is 0. The first-order valence-corrected chi connectivity index (χ1v) is 8.09. The second kappa shape index (κ2) is 7.38. The molecule has 0 amide bonds. The second-order valence-electron chi connectivity index (χ2n) is 6.12. The predicted molar refractivity (Wildman–Crippen MR) is 97.6 cm³/mol. The van der Waals surface area contributed by atoms with E-state index >= 15 is 0 Å². The van der Waals surface area contributed by atoms with Crippen molar-refractivity contribution in [2.75, 3.05) is 6.61 Å². The Bertz CT molecular complexity index is 874. The molecule has 126 valence electrons. The molecule has 0 N–H and O–H groups in total. The first-order valence-electron chi connectivity index (χ1n) is 8.09. The van der Waals surface area contributed by atoms with Crippen LogP contribution in [0.4, 0.5) is 4.53 Å². The number of benzene rings is 2. The van der Waals surface area contributed by atoms with E-state index in [0.717, 1.165) is 28.0 Å². The van der Waals surface area contributed by atoms with Gasteiger partial charge >= 0.3 is 0 Å². The fourth-order valence-corrected chi connectivity index (χ4v) is 3.03. The van der Waals surface area contributed by atoms with E-state index in [9.17, 15) is 4.53 Å². The van der Waals surface area contributed by atoms with Gasteiger partial charge in [-0.3, -0.25) is 0 Å². The third-order valence-electron chi connectivity index (χ3n) is 4.30. The molecule has 3 rings (SSSR count). The van der Waals surface area contributed by atoms with Crippen LogP contribution in [-0.2, 0) is 11.4 Å². The number of terminal acetylenes is 1. The Hall–Kier alpha value is -2.83. The van der Waals surface area contributed by atoms with Crippen molar-refractivity contribution in [3.05, 3.63) is 83.1 Å². The average molecular weight is 334 g/mol. The van der Waals surface area contributed by atoms with Crippen LogP contribution in [0.5, 0.6) is 5.75 Å². The van der Waals surface area contributed by atoms with Gasteiger partial charge in [-0.05, 0) is 52.3 Å². The van der Waals surface area contributed by atoms with Gasteiger partial charge in [-0.1, -0.05) is 43.0 Å². The molecule has 25 heavy (non-hydrogen) atoms. The van der Waals surface area contributed by atoms with E-state index in [4.69, 9.17) is 11.2 Å². The van der Waals surface area contributed by atoms with Gasteiger partial charge in [0.2, 0.25) is 0 Å². The molecule has 0 spiro atoms. The molecule has 3 heteroatoms. The van der Waals surface area contributed by atoms with Gasteiger partial charge in [-0.2, -0.15) is 4.94 Å². The van der Waals surface area contributed by atoms with E-state index in [1.54, 1.807) is 0 Å². The van der Waals surface area contributed by atoms with E-state index in [1.807, 2.05) is 36.4 Å².